The van der Waals surface area contributed by atoms with Crippen LogP contribution in [0, 0.1) is 0 Å². The molecule has 0 aliphatic rings. The first kappa shape index (κ1) is 12.1. The Morgan fingerprint density at radius 2 is 2.35 bits per heavy atom. The van der Waals surface area contributed by atoms with Gasteiger partial charge in [-0.3, -0.25) is 0 Å². The van der Waals surface area contributed by atoms with E-state index in [0.29, 0.717) is 6.04 Å². The molecule has 2 heterocycles. The van der Waals surface area contributed by atoms with Crippen LogP contribution in [0.2, 0.25) is 0 Å². The van der Waals surface area contributed by atoms with Crippen molar-refractivity contribution in [2.24, 2.45) is 0 Å². The molecule has 0 spiro atoms. The van der Waals surface area contributed by atoms with Crippen LogP contribution in [0.15, 0.2) is 30.6 Å². The van der Waals surface area contributed by atoms with Gasteiger partial charge in [0.1, 0.15) is 5.65 Å². The van der Waals surface area contributed by atoms with Gasteiger partial charge in [-0.1, -0.05) is 6.07 Å². The molecule has 0 saturated carbocycles. The van der Waals surface area contributed by atoms with Crippen molar-refractivity contribution in [3.05, 3.63) is 36.3 Å². The lowest BCUT2D eigenvalue weighted by Crippen LogP contribution is -2.25. The fraction of sp³-hybridized carbons (Fsp3) is 0.462. The summed E-state index contributed by atoms with van der Waals surface area (Å²) in [4.78, 5) is 4.52. The highest BCUT2D eigenvalue weighted by molar-refractivity contribution is 5.39. The molecule has 17 heavy (non-hydrogen) atoms. The first-order chi connectivity index (χ1) is 8.29. The van der Waals surface area contributed by atoms with E-state index in [-0.39, 0.29) is 6.61 Å². The maximum Gasteiger partial charge on any atom is 0.137 e. The number of pyridine rings is 1. The smallest absolute Gasteiger partial charge is 0.137 e. The zero-order chi connectivity index (χ0) is 12.1. The van der Waals surface area contributed by atoms with Crippen molar-refractivity contribution in [1.82, 2.24) is 14.7 Å². The molecule has 2 aromatic rings. The topological polar surface area (TPSA) is 49.6 Å². The summed E-state index contributed by atoms with van der Waals surface area (Å²) in [6, 6.07) is 6.39. The normalized spacial score (nSPS) is 13.1. The van der Waals surface area contributed by atoms with Crippen LogP contribution < -0.4 is 5.32 Å². The van der Waals surface area contributed by atoms with Crippen LogP contribution in [-0.2, 0) is 6.54 Å². The molecule has 0 fully saturated rings. The molecule has 0 aliphatic heterocycles. The molecule has 0 radical (unpaired) electrons. The van der Waals surface area contributed by atoms with E-state index in [2.05, 4.69) is 17.2 Å². The van der Waals surface area contributed by atoms with E-state index in [1.165, 1.54) is 0 Å². The molecule has 1 atom stereocenters. The molecule has 92 valence electrons. The van der Waals surface area contributed by atoms with Crippen LogP contribution >= 0.6 is 0 Å². The quantitative estimate of drug-likeness (QED) is 0.796. The van der Waals surface area contributed by atoms with E-state index < -0.39 is 0 Å². The fourth-order valence-electron chi connectivity index (χ4n) is 1.85. The highest BCUT2D eigenvalue weighted by Gasteiger charge is 2.04. The summed E-state index contributed by atoms with van der Waals surface area (Å²) < 4.78 is 2.02. The molecule has 0 amide bonds. The Morgan fingerprint density at radius 3 is 3.12 bits per heavy atom. The summed E-state index contributed by atoms with van der Waals surface area (Å²) in [6.45, 7) is 3.17. The van der Waals surface area contributed by atoms with Gasteiger partial charge in [-0.05, 0) is 31.9 Å². The molecule has 1 unspecified atom stereocenters. The van der Waals surface area contributed by atoms with Crippen molar-refractivity contribution in [2.75, 3.05) is 6.61 Å². The van der Waals surface area contributed by atoms with E-state index in [0.717, 1.165) is 30.7 Å². The number of rotatable bonds is 6. The third-order valence-corrected chi connectivity index (χ3v) is 2.84. The maximum atomic E-state index is 8.75. The average molecular weight is 233 g/mol. The number of aliphatic hydroxyl groups excluding tert-OH is 1. The lowest BCUT2D eigenvalue weighted by molar-refractivity contribution is 0.276. The first-order valence-corrected chi connectivity index (χ1v) is 6.06. The van der Waals surface area contributed by atoms with Gasteiger partial charge < -0.3 is 14.8 Å². The van der Waals surface area contributed by atoms with E-state index in [4.69, 9.17) is 5.11 Å². The lowest BCUT2D eigenvalue weighted by Gasteiger charge is -2.11. The van der Waals surface area contributed by atoms with Gasteiger partial charge in [-0.2, -0.15) is 0 Å². The Hall–Kier alpha value is -1.39. The fourth-order valence-corrected chi connectivity index (χ4v) is 1.85. The second kappa shape index (κ2) is 5.80. The van der Waals surface area contributed by atoms with Gasteiger partial charge in [-0.15, -0.1) is 0 Å². The predicted molar refractivity (Wildman–Crippen MR) is 67.8 cm³/mol. The highest BCUT2D eigenvalue weighted by Crippen LogP contribution is 2.05. The second-order valence-corrected chi connectivity index (χ2v) is 4.35. The second-order valence-electron chi connectivity index (χ2n) is 4.35. The summed E-state index contributed by atoms with van der Waals surface area (Å²) in [5.41, 5.74) is 2.03. The molecule has 0 saturated heterocycles. The number of aliphatic hydroxyl groups is 1. The Bertz CT molecular complexity index is 433. The number of nitrogens with one attached hydrogen (secondary N) is 1. The van der Waals surface area contributed by atoms with Crippen LogP contribution in [-0.4, -0.2) is 27.1 Å². The van der Waals surface area contributed by atoms with Gasteiger partial charge >= 0.3 is 0 Å². The van der Waals surface area contributed by atoms with Crippen LogP contribution in [0.25, 0.3) is 5.65 Å². The van der Waals surface area contributed by atoms with Crippen molar-refractivity contribution in [1.29, 1.82) is 0 Å². The molecule has 2 N–H and O–H groups in total. The minimum absolute atomic E-state index is 0.264. The molecule has 0 bridgehead atoms. The third kappa shape index (κ3) is 3.28. The first-order valence-electron chi connectivity index (χ1n) is 6.06. The van der Waals surface area contributed by atoms with E-state index >= 15 is 0 Å². The van der Waals surface area contributed by atoms with Gasteiger partial charge in [0, 0.05) is 31.6 Å². The summed E-state index contributed by atoms with van der Waals surface area (Å²) in [7, 11) is 0. The minimum Gasteiger partial charge on any atom is -0.396 e. The number of hydrogen-bond donors (Lipinski definition) is 2. The van der Waals surface area contributed by atoms with Crippen molar-refractivity contribution >= 4 is 5.65 Å². The average Bonchev–Trinajstić information content (AvgIpc) is 2.76. The molecule has 2 rings (SSSR count). The molecular formula is C13H19N3O. The summed E-state index contributed by atoms with van der Waals surface area (Å²) in [5.74, 6) is 0. The number of aromatic nitrogens is 2. The summed E-state index contributed by atoms with van der Waals surface area (Å²) >= 11 is 0. The molecule has 4 nitrogen and oxygen atoms in total. The monoisotopic (exact) mass is 233 g/mol. The maximum absolute atomic E-state index is 8.75. The number of fused-ring (bicyclic) bond motifs is 1. The zero-order valence-corrected chi connectivity index (χ0v) is 10.1. The lowest BCUT2D eigenvalue weighted by atomic mass is 10.2. The van der Waals surface area contributed by atoms with Gasteiger partial charge in [0.25, 0.3) is 0 Å². The van der Waals surface area contributed by atoms with Crippen LogP contribution in [0.4, 0.5) is 0 Å². The van der Waals surface area contributed by atoms with E-state index in [9.17, 15) is 0 Å². The largest absolute Gasteiger partial charge is 0.396 e. The highest BCUT2D eigenvalue weighted by atomic mass is 16.2. The standard InChI is InChI=1S/C13H19N3O/c1-11(5-4-8-17)14-9-12-10-16-7-3-2-6-13(16)15-12/h2-3,6-7,10-11,14,17H,4-5,8-9H2,1H3. The van der Waals surface area contributed by atoms with E-state index in [1.54, 1.807) is 0 Å². The number of hydrogen-bond acceptors (Lipinski definition) is 3. The molecule has 0 aliphatic carbocycles. The predicted octanol–water partition coefficient (Wildman–Crippen LogP) is 1.58. The Labute approximate surface area is 101 Å². The Balaban J connectivity index is 1.90. The van der Waals surface area contributed by atoms with Crippen LogP contribution in [0.3, 0.4) is 0 Å². The van der Waals surface area contributed by atoms with E-state index in [1.807, 2.05) is 35.0 Å². The van der Waals surface area contributed by atoms with Gasteiger partial charge in [0.2, 0.25) is 0 Å². The van der Waals surface area contributed by atoms with Gasteiger partial charge in [0.15, 0.2) is 0 Å². The molecule has 0 aromatic carbocycles. The van der Waals surface area contributed by atoms with Gasteiger partial charge in [0.05, 0.1) is 5.69 Å². The molecule has 4 heteroatoms. The third-order valence-electron chi connectivity index (χ3n) is 2.84. The number of imidazole rings is 1. The van der Waals surface area contributed by atoms with Crippen molar-refractivity contribution in [2.45, 2.75) is 32.4 Å². The van der Waals surface area contributed by atoms with Crippen molar-refractivity contribution < 1.29 is 5.11 Å². The van der Waals surface area contributed by atoms with Gasteiger partial charge in [-0.25, -0.2) is 4.98 Å². The minimum atomic E-state index is 0.264. The Kier molecular flexibility index (Phi) is 4.12. The molecular weight excluding hydrogens is 214 g/mol. The SMILES string of the molecule is CC(CCCO)NCc1cn2ccccc2n1. The van der Waals surface area contributed by atoms with Crippen molar-refractivity contribution in [3.8, 4) is 0 Å². The summed E-state index contributed by atoms with van der Waals surface area (Å²) in [5, 5.41) is 12.2. The Morgan fingerprint density at radius 1 is 1.47 bits per heavy atom. The number of nitrogens with zero attached hydrogens (tertiary/aromatic N) is 2. The van der Waals surface area contributed by atoms with Crippen LogP contribution in [0.5, 0.6) is 0 Å². The van der Waals surface area contributed by atoms with Crippen LogP contribution in [0.1, 0.15) is 25.5 Å². The zero-order valence-electron chi connectivity index (χ0n) is 10.1. The van der Waals surface area contributed by atoms with Crippen molar-refractivity contribution in [3.63, 3.8) is 0 Å². The molecule has 2 aromatic heterocycles. The summed E-state index contributed by atoms with van der Waals surface area (Å²) in [6.07, 6.45) is 5.88.